The Bertz CT molecular complexity index is 2200. The van der Waals surface area contributed by atoms with Gasteiger partial charge in [0, 0.05) is 24.1 Å². The number of benzene rings is 2. The van der Waals surface area contributed by atoms with Crippen LogP contribution in [0, 0.1) is 23.7 Å². The molecule has 2 aliphatic rings. The van der Waals surface area contributed by atoms with Crippen LogP contribution in [0.2, 0.25) is 0 Å². The Morgan fingerprint density at radius 1 is 0.825 bits per heavy atom. The van der Waals surface area contributed by atoms with Crippen molar-refractivity contribution in [3.8, 4) is 23.1 Å². The Balaban J connectivity index is 1.15. The van der Waals surface area contributed by atoms with Gasteiger partial charge in [0.1, 0.15) is 30.8 Å². The second-order valence-electron chi connectivity index (χ2n) is 14.8. The van der Waals surface area contributed by atoms with Gasteiger partial charge < -0.3 is 44.7 Å². The monoisotopic (exact) mass is 779 g/mol. The van der Waals surface area contributed by atoms with E-state index in [1.54, 1.807) is 16.0 Å². The van der Waals surface area contributed by atoms with Crippen LogP contribution in [0.25, 0.3) is 22.3 Å². The van der Waals surface area contributed by atoms with E-state index in [0.29, 0.717) is 30.3 Å². The van der Waals surface area contributed by atoms with Gasteiger partial charge in [-0.05, 0) is 60.6 Å². The fourth-order valence-corrected chi connectivity index (χ4v) is 7.24. The Morgan fingerprint density at radius 2 is 1.46 bits per heavy atom. The zero-order chi connectivity index (χ0) is 40.8. The molecule has 0 radical (unpaired) electrons. The number of nitrogens with one attached hydrogen (secondary N) is 4. The number of aromatic amines is 2. The molecule has 4 aromatic rings. The number of imidazole rings is 2. The number of likely N-dealkylation sites (tertiary alicyclic amines) is 2. The highest BCUT2D eigenvalue weighted by Crippen LogP contribution is 2.34. The third-order valence-electron chi connectivity index (χ3n) is 10.3. The van der Waals surface area contributed by atoms with Crippen LogP contribution < -0.4 is 10.6 Å². The van der Waals surface area contributed by atoms with E-state index in [2.05, 4.69) is 42.6 Å². The van der Waals surface area contributed by atoms with Gasteiger partial charge in [0.15, 0.2) is 0 Å². The molecule has 0 bridgehead atoms. The Kier molecular flexibility index (Phi) is 12.5. The molecular formula is C41H49N9O7. The summed E-state index contributed by atoms with van der Waals surface area (Å²) in [5, 5.41) is 9.47. The van der Waals surface area contributed by atoms with Crippen molar-refractivity contribution in [1.82, 2.24) is 40.4 Å². The molecule has 2 aliphatic heterocycles. The van der Waals surface area contributed by atoms with Gasteiger partial charge in [-0.15, -0.1) is 0 Å². The molecule has 2 fully saturated rings. The molecule has 4 amide bonds. The van der Waals surface area contributed by atoms with Gasteiger partial charge in [0.25, 0.3) is 0 Å². The average Bonchev–Trinajstić information content (AvgIpc) is 4.03. The Morgan fingerprint density at radius 3 is 2.09 bits per heavy atom. The number of nitrogens with zero attached hydrogens (tertiary/aromatic N) is 5. The third-order valence-corrected chi connectivity index (χ3v) is 10.3. The molecule has 2 aromatic heterocycles. The summed E-state index contributed by atoms with van der Waals surface area (Å²) in [6.45, 7) is 8.30. The zero-order valence-corrected chi connectivity index (χ0v) is 33.2. The molecule has 2 saturated heterocycles. The fourth-order valence-electron chi connectivity index (χ4n) is 7.24. The number of oxime groups is 1. The maximum Gasteiger partial charge on any atom is 0.407 e. The minimum absolute atomic E-state index is 0.117. The highest BCUT2D eigenvalue weighted by Gasteiger charge is 2.41. The molecule has 4 heterocycles. The average molecular weight is 780 g/mol. The van der Waals surface area contributed by atoms with Crippen LogP contribution >= 0.6 is 0 Å². The van der Waals surface area contributed by atoms with E-state index < -0.39 is 30.3 Å². The van der Waals surface area contributed by atoms with Gasteiger partial charge in [-0.3, -0.25) is 9.59 Å². The predicted molar refractivity (Wildman–Crippen MR) is 212 cm³/mol. The highest BCUT2D eigenvalue weighted by atomic mass is 16.6. The fraction of sp³-hybridized carbons (Fsp3) is 0.439. The van der Waals surface area contributed by atoms with E-state index in [0.717, 1.165) is 46.3 Å². The number of amides is 4. The topological polar surface area (TPSA) is 196 Å². The van der Waals surface area contributed by atoms with Crippen LogP contribution in [-0.2, 0) is 23.9 Å². The zero-order valence-electron chi connectivity index (χ0n) is 33.2. The molecule has 0 unspecified atom stereocenters. The van der Waals surface area contributed by atoms with Crippen LogP contribution in [0.5, 0.6) is 0 Å². The first kappa shape index (κ1) is 40.3. The summed E-state index contributed by atoms with van der Waals surface area (Å²) in [4.78, 5) is 76.0. The number of hydrogen-bond donors (Lipinski definition) is 4. The van der Waals surface area contributed by atoms with Gasteiger partial charge in [-0.1, -0.05) is 56.8 Å². The SMILES string of the molecule is CO/N=C1/C[C@@H](c2nc3ccc(C#Cc4ccc(-c5cnc([C@@H]6CCCN6C(=O)[C@@H](NC(=O)OC)C(C)C)[nH]5)cc4)cc3[nH]2)N(C(=O)[C@@H](NC(=O)OC)C(C)C)C1. The molecule has 57 heavy (non-hydrogen) atoms. The summed E-state index contributed by atoms with van der Waals surface area (Å²) in [6.07, 6.45) is 2.46. The van der Waals surface area contributed by atoms with Gasteiger partial charge in [0.05, 0.1) is 61.5 Å². The molecular weight excluding hydrogens is 731 g/mol. The lowest BCUT2D eigenvalue weighted by atomic mass is 10.0. The molecule has 0 saturated carbocycles. The second-order valence-corrected chi connectivity index (χ2v) is 14.8. The largest absolute Gasteiger partial charge is 0.453 e. The minimum atomic E-state index is -0.805. The van der Waals surface area contributed by atoms with Gasteiger partial charge >= 0.3 is 12.2 Å². The van der Waals surface area contributed by atoms with Gasteiger partial charge in [-0.2, -0.15) is 0 Å². The lowest BCUT2D eigenvalue weighted by molar-refractivity contribution is -0.136. The van der Waals surface area contributed by atoms with E-state index in [-0.39, 0.29) is 36.2 Å². The maximum atomic E-state index is 13.8. The number of H-pyrrole nitrogens is 2. The second kappa shape index (κ2) is 17.6. The van der Waals surface area contributed by atoms with E-state index in [9.17, 15) is 19.2 Å². The van der Waals surface area contributed by atoms with E-state index in [1.807, 2.05) is 70.2 Å². The standard InChI is InChI=1S/C41H49N9O7/c1-23(2)34(46-40(53)55-5)38(51)49-18-8-9-32(49)36-42-21-31(45-36)27-15-12-25(13-16-27)10-11-26-14-17-29-30(19-26)44-37(43-29)33-20-28(48-57-7)22-50(33)39(52)35(24(3)4)47-41(54)56-6/h12-17,19,21,23-24,32-35H,8-9,18,20,22H2,1-7H3,(H,42,45)(H,43,44)(H,46,53)(H,47,54)/b48-28-/t32-,33-,34-,35-/m0/s1. The van der Waals surface area contributed by atoms with Crippen LogP contribution in [0.1, 0.15) is 81.8 Å². The number of carbonyl (C=O) groups is 4. The van der Waals surface area contributed by atoms with Crippen molar-refractivity contribution in [2.45, 2.75) is 71.1 Å². The van der Waals surface area contributed by atoms with E-state index >= 15 is 0 Å². The van der Waals surface area contributed by atoms with E-state index in [4.69, 9.17) is 19.3 Å². The summed E-state index contributed by atoms with van der Waals surface area (Å²) in [5.41, 5.74) is 5.51. The van der Waals surface area contributed by atoms with Crippen LogP contribution in [-0.4, -0.2) is 106 Å². The number of fused-ring (bicyclic) bond motifs is 1. The van der Waals surface area contributed by atoms with Gasteiger partial charge in [0.2, 0.25) is 11.8 Å². The van der Waals surface area contributed by atoms with Crippen LogP contribution in [0.4, 0.5) is 9.59 Å². The number of hydrogen-bond acceptors (Lipinski definition) is 10. The summed E-state index contributed by atoms with van der Waals surface area (Å²) >= 11 is 0. The van der Waals surface area contributed by atoms with E-state index in [1.165, 1.54) is 21.3 Å². The molecule has 16 nitrogen and oxygen atoms in total. The van der Waals surface area contributed by atoms with Crippen molar-refractivity contribution in [3.05, 3.63) is 71.4 Å². The lowest BCUT2D eigenvalue weighted by Gasteiger charge is -2.30. The normalized spacial score (nSPS) is 18.4. The molecule has 4 atom stereocenters. The number of methoxy groups -OCH3 is 2. The molecule has 300 valence electrons. The number of aromatic nitrogens is 4. The number of carbonyl (C=O) groups excluding carboxylic acids is 4. The summed E-state index contributed by atoms with van der Waals surface area (Å²) in [7, 11) is 4.00. The van der Waals surface area contributed by atoms with Crippen molar-refractivity contribution in [2.75, 3.05) is 34.4 Å². The minimum Gasteiger partial charge on any atom is -0.453 e. The summed E-state index contributed by atoms with van der Waals surface area (Å²) < 4.78 is 9.51. The number of alkyl carbamates (subject to hydrolysis) is 2. The first-order valence-electron chi connectivity index (χ1n) is 19.0. The van der Waals surface area contributed by atoms with Crippen molar-refractivity contribution >= 4 is 40.7 Å². The Labute approximate surface area is 331 Å². The van der Waals surface area contributed by atoms with Crippen molar-refractivity contribution in [2.24, 2.45) is 17.0 Å². The van der Waals surface area contributed by atoms with Crippen LogP contribution in [0.15, 0.2) is 53.8 Å². The van der Waals surface area contributed by atoms with Gasteiger partial charge in [-0.25, -0.2) is 19.6 Å². The first-order chi connectivity index (χ1) is 27.4. The molecule has 0 spiro atoms. The maximum absolute atomic E-state index is 13.8. The third kappa shape index (κ3) is 9.04. The summed E-state index contributed by atoms with van der Waals surface area (Å²) in [6, 6.07) is 11.3. The highest BCUT2D eigenvalue weighted by molar-refractivity contribution is 5.96. The summed E-state index contributed by atoms with van der Waals surface area (Å²) in [5.74, 6) is 7.02. The lowest BCUT2D eigenvalue weighted by Crippen LogP contribution is -2.51. The molecule has 0 aliphatic carbocycles. The molecule has 6 rings (SSSR count). The number of rotatable bonds is 10. The molecule has 2 aromatic carbocycles. The van der Waals surface area contributed by atoms with Crippen molar-refractivity contribution in [1.29, 1.82) is 0 Å². The smallest absolute Gasteiger partial charge is 0.407 e. The number of ether oxygens (including phenoxy) is 2. The van der Waals surface area contributed by atoms with Crippen LogP contribution in [0.3, 0.4) is 0 Å². The van der Waals surface area contributed by atoms with Crippen molar-refractivity contribution < 1.29 is 33.5 Å². The Hall–Kier alpha value is -6.37. The van der Waals surface area contributed by atoms with Crippen molar-refractivity contribution in [3.63, 3.8) is 0 Å². The first-order valence-corrected chi connectivity index (χ1v) is 19.0. The predicted octanol–water partition coefficient (Wildman–Crippen LogP) is 5.05. The molecule has 16 heteroatoms. The quantitative estimate of drug-likeness (QED) is 0.126. The molecule has 4 N–H and O–H groups in total.